The Morgan fingerprint density at radius 1 is 1.10 bits per heavy atom. The number of nitrogens with zero attached hydrogens (tertiary/aromatic N) is 1. The lowest BCUT2D eigenvalue weighted by atomic mass is 9.97. The fourth-order valence-corrected chi connectivity index (χ4v) is 5.27. The number of carbonyl (C=O) groups excluding carboxylic acids is 1. The van der Waals surface area contributed by atoms with Gasteiger partial charge >= 0.3 is 0 Å². The van der Waals surface area contributed by atoms with Crippen LogP contribution in [0.2, 0.25) is 0 Å². The summed E-state index contributed by atoms with van der Waals surface area (Å²) in [5.74, 6) is 0.259. The summed E-state index contributed by atoms with van der Waals surface area (Å²) in [6.45, 7) is 7.04. The number of likely N-dealkylation sites (tertiary alicyclic amines) is 1. The Morgan fingerprint density at radius 2 is 1.81 bits per heavy atom. The molecule has 0 bridgehead atoms. The SMILES string of the molecule is CCC(=O)Nc1ccc(S(=O)(=O)NCC2CCN(CCc3ccccc3)CC2)c(C)c1. The van der Waals surface area contributed by atoms with Crippen LogP contribution in [0.5, 0.6) is 0 Å². The highest BCUT2D eigenvalue weighted by Crippen LogP contribution is 2.21. The molecule has 0 aromatic heterocycles. The summed E-state index contributed by atoms with van der Waals surface area (Å²) in [6, 6.07) is 15.4. The van der Waals surface area contributed by atoms with Gasteiger partial charge in [-0.1, -0.05) is 37.3 Å². The van der Waals surface area contributed by atoms with Gasteiger partial charge in [-0.15, -0.1) is 0 Å². The number of rotatable bonds is 9. The van der Waals surface area contributed by atoms with Gasteiger partial charge in [-0.25, -0.2) is 13.1 Å². The van der Waals surface area contributed by atoms with Crippen LogP contribution in [0.4, 0.5) is 5.69 Å². The second-order valence-electron chi connectivity index (χ2n) is 8.25. The number of carbonyl (C=O) groups is 1. The Bertz CT molecular complexity index is 969. The van der Waals surface area contributed by atoms with Crippen molar-refractivity contribution in [2.45, 2.75) is 44.4 Å². The average molecular weight is 444 g/mol. The van der Waals surface area contributed by atoms with E-state index in [0.717, 1.165) is 38.9 Å². The first-order chi connectivity index (χ1) is 14.9. The van der Waals surface area contributed by atoms with Crippen LogP contribution in [0.25, 0.3) is 0 Å². The van der Waals surface area contributed by atoms with Gasteiger partial charge in [-0.2, -0.15) is 0 Å². The Morgan fingerprint density at radius 3 is 2.45 bits per heavy atom. The van der Waals surface area contributed by atoms with Gasteiger partial charge in [0.2, 0.25) is 15.9 Å². The summed E-state index contributed by atoms with van der Waals surface area (Å²) in [5.41, 5.74) is 2.59. The highest BCUT2D eigenvalue weighted by Gasteiger charge is 2.23. The van der Waals surface area contributed by atoms with Crippen LogP contribution in [0.3, 0.4) is 0 Å². The van der Waals surface area contributed by atoms with E-state index in [1.165, 1.54) is 5.56 Å². The van der Waals surface area contributed by atoms with Gasteiger partial charge in [-0.05, 0) is 74.5 Å². The van der Waals surface area contributed by atoms with Crippen molar-refractivity contribution >= 4 is 21.6 Å². The molecular weight excluding hydrogens is 410 g/mol. The van der Waals surface area contributed by atoms with Crippen molar-refractivity contribution in [2.75, 3.05) is 31.5 Å². The fourth-order valence-electron chi connectivity index (χ4n) is 3.93. The number of amides is 1. The summed E-state index contributed by atoms with van der Waals surface area (Å²) < 4.78 is 28.4. The molecule has 1 amide bonds. The molecule has 0 saturated carbocycles. The zero-order valence-corrected chi connectivity index (χ0v) is 19.2. The van der Waals surface area contributed by atoms with Crippen molar-refractivity contribution in [3.8, 4) is 0 Å². The summed E-state index contributed by atoms with van der Waals surface area (Å²) in [7, 11) is -3.58. The predicted molar refractivity (Wildman–Crippen MR) is 125 cm³/mol. The third-order valence-corrected chi connectivity index (χ3v) is 7.48. The van der Waals surface area contributed by atoms with Crippen LogP contribution in [0.15, 0.2) is 53.4 Å². The molecule has 31 heavy (non-hydrogen) atoms. The number of anilines is 1. The Hall–Kier alpha value is -2.22. The van der Waals surface area contributed by atoms with Crippen LogP contribution in [-0.4, -0.2) is 45.4 Å². The monoisotopic (exact) mass is 443 g/mol. The van der Waals surface area contributed by atoms with E-state index in [2.05, 4.69) is 39.2 Å². The third-order valence-electron chi connectivity index (χ3n) is 5.90. The minimum Gasteiger partial charge on any atom is -0.326 e. The first-order valence-electron chi connectivity index (χ1n) is 11.0. The Balaban J connectivity index is 1.47. The van der Waals surface area contributed by atoms with Crippen LogP contribution < -0.4 is 10.0 Å². The predicted octanol–water partition coefficient (Wildman–Crippen LogP) is 3.58. The lowest BCUT2D eigenvalue weighted by Gasteiger charge is -2.32. The number of aryl methyl sites for hydroxylation is 1. The molecule has 2 N–H and O–H groups in total. The van der Waals surface area contributed by atoms with Gasteiger partial charge in [-0.3, -0.25) is 4.79 Å². The number of benzene rings is 2. The van der Waals surface area contributed by atoms with Crippen molar-refractivity contribution in [1.29, 1.82) is 0 Å². The maximum absolute atomic E-state index is 12.8. The van der Waals surface area contributed by atoms with Crippen molar-refractivity contribution in [2.24, 2.45) is 5.92 Å². The normalized spacial score (nSPS) is 15.7. The van der Waals surface area contributed by atoms with Crippen molar-refractivity contribution in [3.05, 3.63) is 59.7 Å². The Labute approximate surface area is 186 Å². The molecule has 0 unspecified atom stereocenters. The molecular formula is C24H33N3O3S. The summed E-state index contributed by atoms with van der Waals surface area (Å²) in [4.78, 5) is 14.3. The molecule has 1 aliphatic heterocycles. The van der Waals surface area contributed by atoms with E-state index in [9.17, 15) is 13.2 Å². The molecule has 1 heterocycles. The summed E-state index contributed by atoms with van der Waals surface area (Å²) in [6.07, 6.45) is 3.43. The second kappa shape index (κ2) is 10.9. The molecule has 0 spiro atoms. The molecule has 3 rings (SSSR count). The molecule has 0 radical (unpaired) electrons. The van der Waals surface area contributed by atoms with E-state index in [-0.39, 0.29) is 10.8 Å². The summed E-state index contributed by atoms with van der Waals surface area (Å²) >= 11 is 0. The van der Waals surface area contributed by atoms with Gasteiger partial charge < -0.3 is 10.2 Å². The first-order valence-corrected chi connectivity index (χ1v) is 12.5. The zero-order valence-electron chi connectivity index (χ0n) is 18.4. The molecule has 1 saturated heterocycles. The molecule has 7 heteroatoms. The fraction of sp³-hybridized carbons (Fsp3) is 0.458. The van der Waals surface area contributed by atoms with Crippen molar-refractivity contribution in [3.63, 3.8) is 0 Å². The number of sulfonamides is 1. The van der Waals surface area contributed by atoms with Gasteiger partial charge in [0.1, 0.15) is 0 Å². The minimum atomic E-state index is -3.58. The summed E-state index contributed by atoms with van der Waals surface area (Å²) in [5, 5.41) is 2.76. The van der Waals surface area contributed by atoms with Crippen LogP contribution in [0, 0.1) is 12.8 Å². The molecule has 0 atom stereocenters. The maximum Gasteiger partial charge on any atom is 0.240 e. The minimum absolute atomic E-state index is 0.0942. The van der Waals surface area contributed by atoms with E-state index in [1.807, 2.05) is 6.07 Å². The van der Waals surface area contributed by atoms with Crippen molar-refractivity contribution < 1.29 is 13.2 Å². The standard InChI is InChI=1S/C24H33N3O3S/c1-3-24(28)26-22-9-10-23(19(2)17-22)31(29,30)25-18-21-12-15-27(16-13-21)14-11-20-7-5-4-6-8-20/h4-10,17,21,25H,3,11-16,18H2,1-2H3,(H,26,28). The molecule has 2 aromatic carbocycles. The first kappa shape index (κ1) is 23.4. The van der Waals surface area contributed by atoms with Gasteiger partial charge in [0.15, 0.2) is 0 Å². The highest BCUT2D eigenvalue weighted by atomic mass is 32.2. The molecule has 1 fully saturated rings. The van der Waals surface area contributed by atoms with Gasteiger partial charge in [0.05, 0.1) is 4.90 Å². The lowest BCUT2D eigenvalue weighted by Crippen LogP contribution is -2.39. The van der Waals surface area contributed by atoms with E-state index >= 15 is 0 Å². The number of hydrogen-bond donors (Lipinski definition) is 2. The van der Waals surface area contributed by atoms with E-state index < -0.39 is 10.0 Å². The molecule has 2 aromatic rings. The smallest absolute Gasteiger partial charge is 0.240 e. The number of piperidine rings is 1. The van der Waals surface area contributed by atoms with Crippen molar-refractivity contribution in [1.82, 2.24) is 9.62 Å². The van der Waals surface area contributed by atoms with Crippen LogP contribution in [0.1, 0.15) is 37.3 Å². The third kappa shape index (κ3) is 6.89. The molecule has 0 aliphatic carbocycles. The van der Waals surface area contributed by atoms with Crippen LogP contribution >= 0.6 is 0 Å². The number of hydrogen-bond acceptors (Lipinski definition) is 4. The van der Waals surface area contributed by atoms with Gasteiger partial charge in [0, 0.05) is 25.2 Å². The maximum atomic E-state index is 12.8. The topological polar surface area (TPSA) is 78.5 Å². The average Bonchev–Trinajstić information content (AvgIpc) is 2.77. The Kier molecular flexibility index (Phi) is 8.23. The van der Waals surface area contributed by atoms with Crippen LogP contribution in [-0.2, 0) is 21.2 Å². The highest BCUT2D eigenvalue weighted by molar-refractivity contribution is 7.89. The zero-order chi connectivity index (χ0) is 22.3. The van der Waals surface area contributed by atoms with E-state index in [4.69, 9.17) is 0 Å². The second-order valence-corrected chi connectivity index (χ2v) is 9.99. The lowest BCUT2D eigenvalue weighted by molar-refractivity contribution is -0.115. The molecule has 6 nitrogen and oxygen atoms in total. The number of nitrogens with one attached hydrogen (secondary N) is 2. The largest absolute Gasteiger partial charge is 0.326 e. The van der Waals surface area contributed by atoms with Gasteiger partial charge in [0.25, 0.3) is 0 Å². The molecule has 1 aliphatic rings. The quantitative estimate of drug-likeness (QED) is 0.621. The van der Waals surface area contributed by atoms with E-state index in [0.29, 0.717) is 30.1 Å². The van der Waals surface area contributed by atoms with E-state index in [1.54, 1.807) is 32.0 Å². The molecule has 168 valence electrons.